The standard InChI is InChI=1S/C16H14BrN3OS/c17-14-12-18-16(22-14)20-10-8-19(9-11-20)15(21)7-6-13-4-2-1-3-5-13/h1-5,12H,8-11H2. The first-order chi connectivity index (χ1) is 10.7. The van der Waals surface area contributed by atoms with Gasteiger partial charge < -0.3 is 9.80 Å². The van der Waals surface area contributed by atoms with Crippen LogP contribution in [0.25, 0.3) is 0 Å². The van der Waals surface area contributed by atoms with Crippen LogP contribution in [0.4, 0.5) is 5.13 Å². The molecule has 22 heavy (non-hydrogen) atoms. The third-order valence-corrected chi connectivity index (χ3v) is 4.93. The molecule has 0 saturated carbocycles. The summed E-state index contributed by atoms with van der Waals surface area (Å²) in [5.74, 6) is 5.53. The lowest BCUT2D eigenvalue weighted by Gasteiger charge is -2.33. The summed E-state index contributed by atoms with van der Waals surface area (Å²) < 4.78 is 1.02. The van der Waals surface area contributed by atoms with Gasteiger partial charge in [0.15, 0.2) is 5.13 Å². The molecule has 0 N–H and O–H groups in total. The van der Waals surface area contributed by atoms with E-state index in [1.54, 1.807) is 16.2 Å². The first-order valence-corrected chi connectivity index (χ1v) is 8.55. The number of amides is 1. The Morgan fingerprint density at radius 1 is 1.18 bits per heavy atom. The fourth-order valence-electron chi connectivity index (χ4n) is 2.22. The Morgan fingerprint density at radius 3 is 2.55 bits per heavy atom. The molecule has 1 saturated heterocycles. The predicted molar refractivity (Wildman–Crippen MR) is 91.9 cm³/mol. The lowest BCUT2D eigenvalue weighted by atomic mass is 10.2. The van der Waals surface area contributed by atoms with Gasteiger partial charge in [0, 0.05) is 37.7 Å². The van der Waals surface area contributed by atoms with Crippen molar-refractivity contribution in [3.8, 4) is 11.8 Å². The molecule has 1 aliphatic heterocycles. The van der Waals surface area contributed by atoms with Gasteiger partial charge in [0.25, 0.3) is 5.91 Å². The Morgan fingerprint density at radius 2 is 1.91 bits per heavy atom. The van der Waals surface area contributed by atoms with Crippen LogP contribution in [-0.4, -0.2) is 42.0 Å². The molecular formula is C16H14BrN3OS. The van der Waals surface area contributed by atoms with Crippen LogP contribution in [0, 0.1) is 11.8 Å². The van der Waals surface area contributed by atoms with E-state index in [1.807, 2.05) is 36.5 Å². The molecule has 2 aromatic rings. The van der Waals surface area contributed by atoms with Crippen molar-refractivity contribution in [2.24, 2.45) is 0 Å². The Hall–Kier alpha value is -1.84. The van der Waals surface area contributed by atoms with Crippen LogP contribution in [0.1, 0.15) is 5.56 Å². The molecule has 3 rings (SSSR count). The van der Waals surface area contributed by atoms with E-state index in [9.17, 15) is 4.79 Å². The second-order valence-electron chi connectivity index (χ2n) is 4.84. The van der Waals surface area contributed by atoms with E-state index in [0.29, 0.717) is 13.1 Å². The quantitative estimate of drug-likeness (QED) is 0.718. The number of benzene rings is 1. The zero-order chi connectivity index (χ0) is 15.4. The van der Waals surface area contributed by atoms with Crippen molar-refractivity contribution < 1.29 is 4.79 Å². The smallest absolute Gasteiger partial charge is 0.298 e. The largest absolute Gasteiger partial charge is 0.345 e. The van der Waals surface area contributed by atoms with Crippen molar-refractivity contribution in [3.05, 3.63) is 45.9 Å². The molecule has 0 unspecified atom stereocenters. The third-order valence-electron chi connectivity index (χ3n) is 3.39. The summed E-state index contributed by atoms with van der Waals surface area (Å²) in [7, 11) is 0. The molecule has 1 fully saturated rings. The van der Waals surface area contributed by atoms with Gasteiger partial charge in [0.05, 0.1) is 9.98 Å². The fourth-order valence-corrected chi connectivity index (χ4v) is 3.45. The molecular weight excluding hydrogens is 362 g/mol. The van der Waals surface area contributed by atoms with E-state index in [2.05, 4.69) is 37.7 Å². The number of thiazole rings is 1. The average molecular weight is 376 g/mol. The minimum Gasteiger partial charge on any atom is -0.345 e. The number of carbonyl (C=O) groups excluding carboxylic acids is 1. The monoisotopic (exact) mass is 375 g/mol. The van der Waals surface area contributed by atoms with Crippen molar-refractivity contribution in [2.45, 2.75) is 0 Å². The Labute approximate surface area is 141 Å². The fraction of sp³-hybridized carbons (Fsp3) is 0.250. The maximum atomic E-state index is 12.1. The molecule has 0 radical (unpaired) electrons. The van der Waals surface area contributed by atoms with Gasteiger partial charge in [-0.3, -0.25) is 4.79 Å². The summed E-state index contributed by atoms with van der Waals surface area (Å²) >= 11 is 5.03. The second kappa shape index (κ2) is 6.95. The molecule has 2 heterocycles. The summed E-state index contributed by atoms with van der Waals surface area (Å²) in [4.78, 5) is 20.5. The molecule has 0 spiro atoms. The Balaban J connectivity index is 1.57. The van der Waals surface area contributed by atoms with Crippen LogP contribution in [0.5, 0.6) is 0 Å². The molecule has 1 aromatic carbocycles. The van der Waals surface area contributed by atoms with Gasteiger partial charge in [0.2, 0.25) is 0 Å². The number of piperazine rings is 1. The van der Waals surface area contributed by atoms with E-state index in [1.165, 1.54) is 0 Å². The van der Waals surface area contributed by atoms with Crippen molar-refractivity contribution >= 4 is 38.3 Å². The number of anilines is 1. The molecule has 1 amide bonds. The first kappa shape index (κ1) is 15.1. The van der Waals surface area contributed by atoms with E-state index in [0.717, 1.165) is 27.6 Å². The van der Waals surface area contributed by atoms with Gasteiger partial charge in [-0.15, -0.1) is 0 Å². The van der Waals surface area contributed by atoms with Crippen LogP contribution in [0.2, 0.25) is 0 Å². The lowest BCUT2D eigenvalue weighted by molar-refractivity contribution is -0.125. The first-order valence-electron chi connectivity index (χ1n) is 6.94. The second-order valence-corrected chi connectivity index (χ2v) is 7.23. The number of carbonyl (C=O) groups is 1. The highest BCUT2D eigenvalue weighted by Gasteiger charge is 2.21. The third kappa shape index (κ3) is 3.67. The Bertz CT molecular complexity index is 712. The zero-order valence-corrected chi connectivity index (χ0v) is 14.2. The van der Waals surface area contributed by atoms with Gasteiger partial charge in [-0.05, 0) is 28.1 Å². The van der Waals surface area contributed by atoms with E-state index >= 15 is 0 Å². The number of rotatable bonds is 1. The number of hydrogen-bond acceptors (Lipinski definition) is 4. The Kier molecular flexibility index (Phi) is 4.76. The molecule has 6 heteroatoms. The van der Waals surface area contributed by atoms with Gasteiger partial charge in [-0.25, -0.2) is 4.98 Å². The molecule has 0 atom stereocenters. The minimum atomic E-state index is -0.108. The van der Waals surface area contributed by atoms with Crippen LogP contribution in [0.15, 0.2) is 40.3 Å². The van der Waals surface area contributed by atoms with Crippen LogP contribution in [0.3, 0.4) is 0 Å². The zero-order valence-electron chi connectivity index (χ0n) is 11.8. The van der Waals surface area contributed by atoms with Gasteiger partial charge in [0.1, 0.15) is 0 Å². The highest BCUT2D eigenvalue weighted by Crippen LogP contribution is 2.27. The summed E-state index contributed by atoms with van der Waals surface area (Å²) in [6, 6.07) is 9.57. The number of aromatic nitrogens is 1. The number of halogens is 1. The van der Waals surface area contributed by atoms with E-state index < -0.39 is 0 Å². The highest BCUT2D eigenvalue weighted by atomic mass is 79.9. The summed E-state index contributed by atoms with van der Waals surface area (Å²) in [6.07, 6.45) is 1.81. The van der Waals surface area contributed by atoms with Gasteiger partial charge in [-0.1, -0.05) is 35.5 Å². The molecule has 1 aliphatic rings. The van der Waals surface area contributed by atoms with Gasteiger partial charge >= 0.3 is 0 Å². The van der Waals surface area contributed by atoms with Crippen LogP contribution < -0.4 is 4.90 Å². The van der Waals surface area contributed by atoms with Crippen molar-refractivity contribution in [1.82, 2.24) is 9.88 Å². The van der Waals surface area contributed by atoms with E-state index in [-0.39, 0.29) is 5.91 Å². The van der Waals surface area contributed by atoms with Crippen molar-refractivity contribution in [2.75, 3.05) is 31.1 Å². The normalized spacial score (nSPS) is 14.4. The summed E-state index contributed by atoms with van der Waals surface area (Å²) in [5.41, 5.74) is 0.863. The molecule has 4 nitrogen and oxygen atoms in total. The van der Waals surface area contributed by atoms with Crippen LogP contribution >= 0.6 is 27.3 Å². The molecule has 112 valence electrons. The minimum absolute atomic E-state index is 0.108. The maximum Gasteiger partial charge on any atom is 0.298 e. The molecule has 0 aliphatic carbocycles. The van der Waals surface area contributed by atoms with Crippen LogP contribution in [-0.2, 0) is 4.79 Å². The number of hydrogen-bond donors (Lipinski definition) is 0. The highest BCUT2D eigenvalue weighted by molar-refractivity contribution is 9.11. The van der Waals surface area contributed by atoms with E-state index in [4.69, 9.17) is 0 Å². The molecule has 1 aromatic heterocycles. The molecule has 0 bridgehead atoms. The lowest BCUT2D eigenvalue weighted by Crippen LogP contribution is -2.48. The van der Waals surface area contributed by atoms with Crippen molar-refractivity contribution in [1.29, 1.82) is 0 Å². The average Bonchev–Trinajstić information content (AvgIpc) is 3.00. The maximum absolute atomic E-state index is 12.1. The summed E-state index contributed by atoms with van der Waals surface area (Å²) in [5, 5.41) is 0.995. The predicted octanol–water partition coefficient (Wildman–Crippen LogP) is 2.61. The number of nitrogens with zero attached hydrogens (tertiary/aromatic N) is 3. The van der Waals surface area contributed by atoms with Crippen molar-refractivity contribution in [3.63, 3.8) is 0 Å². The topological polar surface area (TPSA) is 36.4 Å². The SMILES string of the molecule is O=C(C#Cc1ccccc1)N1CCN(c2ncc(Br)s2)CC1. The van der Waals surface area contributed by atoms with Gasteiger partial charge in [-0.2, -0.15) is 0 Å². The summed E-state index contributed by atoms with van der Waals surface area (Å²) in [6.45, 7) is 2.94.